The molecule has 22 heavy (non-hydrogen) atoms. The van der Waals surface area contributed by atoms with Crippen molar-refractivity contribution in [3.63, 3.8) is 0 Å². The Morgan fingerprint density at radius 1 is 1.27 bits per heavy atom. The second kappa shape index (κ2) is 6.53. The van der Waals surface area contributed by atoms with Gasteiger partial charge in [0.25, 0.3) is 0 Å². The van der Waals surface area contributed by atoms with E-state index in [1.165, 1.54) is 10.6 Å². The monoisotopic (exact) mass is 327 g/mol. The summed E-state index contributed by atoms with van der Waals surface area (Å²) in [6, 6.07) is 6.25. The zero-order valence-corrected chi connectivity index (χ0v) is 13.5. The number of phenolic OH excluding ortho intramolecular Hbond substituents is 1. The third kappa shape index (κ3) is 4.11. The molecule has 0 unspecified atom stereocenters. The molecule has 7 nitrogen and oxygen atoms in total. The summed E-state index contributed by atoms with van der Waals surface area (Å²) in [5.74, 6) is 0.153. The van der Waals surface area contributed by atoms with E-state index in [1.807, 2.05) is 13.0 Å². The number of urea groups is 1. The zero-order chi connectivity index (χ0) is 16.3. The van der Waals surface area contributed by atoms with Crippen molar-refractivity contribution in [2.45, 2.75) is 13.0 Å². The summed E-state index contributed by atoms with van der Waals surface area (Å²) in [5.41, 5.74) is 0.808. The van der Waals surface area contributed by atoms with Gasteiger partial charge in [-0.15, -0.1) is 0 Å². The van der Waals surface area contributed by atoms with Crippen molar-refractivity contribution >= 4 is 16.1 Å². The van der Waals surface area contributed by atoms with Crippen molar-refractivity contribution < 1.29 is 18.3 Å². The van der Waals surface area contributed by atoms with Gasteiger partial charge in [-0.1, -0.05) is 12.1 Å². The SMILES string of the molecule is C[C@H](NC(=O)N1CCN(S(C)(=O)=O)CC1)c1cccc(O)c1. The number of amides is 2. The van der Waals surface area contributed by atoms with Crippen LogP contribution in [0.5, 0.6) is 5.75 Å². The van der Waals surface area contributed by atoms with Crippen molar-refractivity contribution in [1.82, 2.24) is 14.5 Å². The van der Waals surface area contributed by atoms with Crippen LogP contribution in [-0.4, -0.2) is 61.2 Å². The molecule has 1 atom stereocenters. The molecule has 0 bridgehead atoms. The first-order chi connectivity index (χ1) is 10.3. The maximum Gasteiger partial charge on any atom is 0.317 e. The third-order valence-corrected chi connectivity index (χ3v) is 5.01. The quantitative estimate of drug-likeness (QED) is 0.857. The highest BCUT2D eigenvalue weighted by Gasteiger charge is 2.26. The van der Waals surface area contributed by atoms with E-state index < -0.39 is 10.0 Å². The van der Waals surface area contributed by atoms with E-state index in [9.17, 15) is 18.3 Å². The molecule has 0 aliphatic carbocycles. The minimum Gasteiger partial charge on any atom is -0.508 e. The van der Waals surface area contributed by atoms with E-state index >= 15 is 0 Å². The molecular weight excluding hydrogens is 306 g/mol. The number of nitrogens with one attached hydrogen (secondary N) is 1. The van der Waals surface area contributed by atoms with Crippen LogP contribution in [0.25, 0.3) is 0 Å². The maximum absolute atomic E-state index is 12.2. The summed E-state index contributed by atoms with van der Waals surface area (Å²) in [7, 11) is -3.20. The van der Waals surface area contributed by atoms with Crippen molar-refractivity contribution in [2.24, 2.45) is 0 Å². The highest BCUT2D eigenvalue weighted by atomic mass is 32.2. The van der Waals surface area contributed by atoms with E-state index in [0.29, 0.717) is 26.2 Å². The molecule has 2 N–H and O–H groups in total. The van der Waals surface area contributed by atoms with Crippen LogP contribution >= 0.6 is 0 Å². The van der Waals surface area contributed by atoms with Crippen LogP contribution in [0.4, 0.5) is 4.79 Å². The summed E-state index contributed by atoms with van der Waals surface area (Å²) in [6.07, 6.45) is 1.17. The summed E-state index contributed by atoms with van der Waals surface area (Å²) < 4.78 is 24.3. The number of carbonyl (C=O) groups excluding carboxylic acids is 1. The fraction of sp³-hybridized carbons (Fsp3) is 0.500. The topological polar surface area (TPSA) is 90.0 Å². The largest absolute Gasteiger partial charge is 0.508 e. The van der Waals surface area contributed by atoms with Crippen LogP contribution in [0.1, 0.15) is 18.5 Å². The van der Waals surface area contributed by atoms with E-state index in [2.05, 4.69) is 5.32 Å². The van der Waals surface area contributed by atoms with Crippen molar-refractivity contribution in [3.05, 3.63) is 29.8 Å². The standard InChI is InChI=1S/C14H21N3O4S/c1-11(12-4-3-5-13(18)10-12)15-14(19)16-6-8-17(9-7-16)22(2,20)21/h3-5,10-11,18H,6-9H2,1-2H3,(H,15,19)/t11-/m0/s1. The van der Waals surface area contributed by atoms with Crippen LogP contribution in [-0.2, 0) is 10.0 Å². The summed E-state index contributed by atoms with van der Waals surface area (Å²) in [5, 5.41) is 12.3. The van der Waals surface area contributed by atoms with Crippen molar-refractivity contribution in [1.29, 1.82) is 0 Å². The van der Waals surface area contributed by atoms with Gasteiger partial charge in [-0.3, -0.25) is 0 Å². The van der Waals surface area contributed by atoms with Gasteiger partial charge in [0.1, 0.15) is 5.75 Å². The molecule has 1 aliphatic rings. The van der Waals surface area contributed by atoms with Gasteiger partial charge in [0.15, 0.2) is 0 Å². The van der Waals surface area contributed by atoms with Gasteiger partial charge < -0.3 is 15.3 Å². The van der Waals surface area contributed by atoms with E-state index in [-0.39, 0.29) is 17.8 Å². The molecule has 2 rings (SSSR count). The fourth-order valence-corrected chi connectivity index (χ4v) is 3.20. The molecule has 0 aromatic heterocycles. The highest BCUT2D eigenvalue weighted by Crippen LogP contribution is 2.18. The molecule has 1 fully saturated rings. The average Bonchev–Trinajstić information content (AvgIpc) is 2.46. The van der Waals surface area contributed by atoms with Gasteiger partial charge in [-0.25, -0.2) is 13.2 Å². The lowest BCUT2D eigenvalue weighted by atomic mass is 10.1. The molecule has 0 spiro atoms. The summed E-state index contributed by atoms with van der Waals surface area (Å²) in [6.45, 7) is 3.19. The van der Waals surface area contributed by atoms with Gasteiger partial charge in [-0.2, -0.15) is 4.31 Å². The molecule has 122 valence electrons. The lowest BCUT2D eigenvalue weighted by Crippen LogP contribution is -2.53. The molecule has 1 aromatic carbocycles. The van der Waals surface area contributed by atoms with Gasteiger partial charge in [0.2, 0.25) is 10.0 Å². The van der Waals surface area contributed by atoms with Crippen LogP contribution in [0, 0.1) is 0 Å². The Kier molecular flexibility index (Phi) is 4.92. The minimum atomic E-state index is -3.20. The molecule has 1 aliphatic heterocycles. The number of hydrogen-bond donors (Lipinski definition) is 2. The molecule has 1 aromatic rings. The van der Waals surface area contributed by atoms with Gasteiger partial charge in [0.05, 0.1) is 12.3 Å². The van der Waals surface area contributed by atoms with Gasteiger partial charge in [-0.05, 0) is 24.6 Å². The number of aromatic hydroxyl groups is 1. The van der Waals surface area contributed by atoms with E-state index in [4.69, 9.17) is 0 Å². The van der Waals surface area contributed by atoms with Crippen LogP contribution in [0.15, 0.2) is 24.3 Å². The second-order valence-electron chi connectivity index (χ2n) is 5.42. The normalized spacial score (nSPS) is 18.0. The van der Waals surface area contributed by atoms with Crippen LogP contribution in [0.3, 0.4) is 0 Å². The number of piperazine rings is 1. The number of sulfonamides is 1. The van der Waals surface area contributed by atoms with Crippen LogP contribution in [0.2, 0.25) is 0 Å². The number of benzene rings is 1. The fourth-order valence-electron chi connectivity index (χ4n) is 2.38. The van der Waals surface area contributed by atoms with E-state index in [0.717, 1.165) is 5.56 Å². The maximum atomic E-state index is 12.2. The highest BCUT2D eigenvalue weighted by molar-refractivity contribution is 7.88. The number of rotatable bonds is 3. The zero-order valence-electron chi connectivity index (χ0n) is 12.7. The molecule has 1 heterocycles. The smallest absolute Gasteiger partial charge is 0.317 e. The van der Waals surface area contributed by atoms with E-state index in [1.54, 1.807) is 23.1 Å². The second-order valence-corrected chi connectivity index (χ2v) is 7.40. The Hall–Kier alpha value is -1.80. The Labute approximate surface area is 130 Å². The molecule has 8 heteroatoms. The first-order valence-corrected chi connectivity index (χ1v) is 8.91. The lowest BCUT2D eigenvalue weighted by molar-refractivity contribution is 0.170. The number of carbonyl (C=O) groups is 1. The summed E-state index contributed by atoms with van der Waals surface area (Å²) in [4.78, 5) is 13.8. The molecule has 2 amide bonds. The average molecular weight is 327 g/mol. The third-order valence-electron chi connectivity index (χ3n) is 3.71. The summed E-state index contributed by atoms with van der Waals surface area (Å²) >= 11 is 0. The first-order valence-electron chi connectivity index (χ1n) is 7.07. The molecule has 1 saturated heterocycles. The Balaban J connectivity index is 1.91. The number of phenols is 1. The predicted octanol–water partition coefficient (Wildman–Crippen LogP) is 0.740. The van der Waals surface area contributed by atoms with Gasteiger partial charge >= 0.3 is 6.03 Å². The Morgan fingerprint density at radius 2 is 1.91 bits per heavy atom. The lowest BCUT2D eigenvalue weighted by Gasteiger charge is -2.34. The number of hydrogen-bond acceptors (Lipinski definition) is 4. The first kappa shape index (κ1) is 16.6. The Bertz CT molecular complexity index is 639. The molecule has 0 saturated carbocycles. The molecular formula is C14H21N3O4S. The van der Waals surface area contributed by atoms with Gasteiger partial charge in [0, 0.05) is 26.2 Å². The minimum absolute atomic E-state index is 0.153. The van der Waals surface area contributed by atoms with Crippen LogP contribution < -0.4 is 5.32 Å². The molecule has 0 radical (unpaired) electrons. The number of nitrogens with zero attached hydrogens (tertiary/aromatic N) is 2. The van der Waals surface area contributed by atoms with Crippen molar-refractivity contribution in [2.75, 3.05) is 32.4 Å². The van der Waals surface area contributed by atoms with Crippen molar-refractivity contribution in [3.8, 4) is 5.75 Å². The predicted molar refractivity (Wildman–Crippen MR) is 83.0 cm³/mol. The Morgan fingerprint density at radius 3 is 2.45 bits per heavy atom.